The minimum atomic E-state index is -0.279. The standard InChI is InChI=1S/C20H15FN6S/c21-14-4-3-12-8-13(17(27-15(12)9-14)16-2-1-7-28-16)5-6-22-19-18-20(24-10-23-18)26-11-25-19/h1-4,7-11H,5-6H2,(H2,22,23,24,25,26). The summed E-state index contributed by atoms with van der Waals surface area (Å²) in [5, 5.41) is 6.29. The lowest BCUT2D eigenvalue weighted by molar-refractivity contribution is 0.629. The molecule has 0 saturated heterocycles. The van der Waals surface area contributed by atoms with Crippen molar-refractivity contribution in [3.63, 3.8) is 0 Å². The van der Waals surface area contributed by atoms with Crippen molar-refractivity contribution in [2.24, 2.45) is 0 Å². The number of fused-ring (bicyclic) bond motifs is 2. The zero-order chi connectivity index (χ0) is 18.9. The van der Waals surface area contributed by atoms with Gasteiger partial charge in [0.2, 0.25) is 0 Å². The van der Waals surface area contributed by atoms with Gasteiger partial charge in [0, 0.05) is 18.0 Å². The molecule has 0 fully saturated rings. The molecular formula is C20H15FN6S. The Morgan fingerprint density at radius 2 is 2.07 bits per heavy atom. The zero-order valence-corrected chi connectivity index (χ0v) is 15.5. The minimum Gasteiger partial charge on any atom is -0.368 e. The largest absolute Gasteiger partial charge is 0.368 e. The second-order valence-electron chi connectivity index (χ2n) is 6.31. The van der Waals surface area contributed by atoms with E-state index >= 15 is 0 Å². The lowest BCUT2D eigenvalue weighted by Crippen LogP contribution is -2.08. The van der Waals surface area contributed by atoms with Gasteiger partial charge >= 0.3 is 0 Å². The molecule has 28 heavy (non-hydrogen) atoms. The minimum absolute atomic E-state index is 0.279. The summed E-state index contributed by atoms with van der Waals surface area (Å²) in [6.45, 7) is 0.665. The van der Waals surface area contributed by atoms with Crippen LogP contribution in [0.2, 0.25) is 0 Å². The summed E-state index contributed by atoms with van der Waals surface area (Å²) in [6, 6.07) is 10.8. The number of hydrogen-bond donors (Lipinski definition) is 2. The molecule has 5 rings (SSSR count). The number of benzene rings is 1. The van der Waals surface area contributed by atoms with E-state index < -0.39 is 0 Å². The molecule has 0 atom stereocenters. The second kappa shape index (κ2) is 6.97. The first-order valence-corrected chi connectivity index (χ1v) is 9.67. The Labute approximate surface area is 163 Å². The van der Waals surface area contributed by atoms with Crippen molar-refractivity contribution in [1.29, 1.82) is 0 Å². The summed E-state index contributed by atoms with van der Waals surface area (Å²) in [7, 11) is 0. The highest BCUT2D eigenvalue weighted by Gasteiger charge is 2.12. The van der Waals surface area contributed by atoms with Crippen molar-refractivity contribution in [3.8, 4) is 10.6 Å². The maximum absolute atomic E-state index is 13.6. The highest BCUT2D eigenvalue weighted by Crippen LogP contribution is 2.30. The molecule has 0 radical (unpaired) electrons. The number of aromatic nitrogens is 5. The van der Waals surface area contributed by atoms with Crippen LogP contribution in [0, 0.1) is 5.82 Å². The van der Waals surface area contributed by atoms with Gasteiger partial charge in [-0.3, -0.25) is 0 Å². The number of pyridine rings is 1. The molecule has 8 heteroatoms. The highest BCUT2D eigenvalue weighted by molar-refractivity contribution is 7.13. The van der Waals surface area contributed by atoms with Crippen molar-refractivity contribution in [2.45, 2.75) is 6.42 Å². The van der Waals surface area contributed by atoms with Crippen LogP contribution in [-0.2, 0) is 6.42 Å². The lowest BCUT2D eigenvalue weighted by Gasteiger charge is -2.11. The van der Waals surface area contributed by atoms with Gasteiger partial charge in [0.1, 0.15) is 17.7 Å². The summed E-state index contributed by atoms with van der Waals surface area (Å²) in [5.41, 5.74) is 4.07. The first kappa shape index (κ1) is 16.8. The fraction of sp³-hybridized carbons (Fsp3) is 0.100. The van der Waals surface area contributed by atoms with Crippen molar-refractivity contribution in [1.82, 2.24) is 24.9 Å². The predicted octanol–water partition coefficient (Wildman–Crippen LogP) is 4.42. The molecule has 0 unspecified atom stereocenters. The van der Waals surface area contributed by atoms with Crippen molar-refractivity contribution < 1.29 is 4.39 Å². The number of halogens is 1. The van der Waals surface area contributed by atoms with Gasteiger partial charge in [-0.2, -0.15) is 0 Å². The number of aromatic amines is 1. The number of anilines is 1. The first-order valence-electron chi connectivity index (χ1n) is 8.79. The summed E-state index contributed by atoms with van der Waals surface area (Å²) < 4.78 is 13.6. The van der Waals surface area contributed by atoms with Crippen LogP contribution in [0.15, 0.2) is 54.4 Å². The number of imidazole rings is 1. The second-order valence-corrected chi connectivity index (χ2v) is 7.26. The van der Waals surface area contributed by atoms with Gasteiger partial charge < -0.3 is 10.3 Å². The van der Waals surface area contributed by atoms with Gasteiger partial charge in [0.25, 0.3) is 0 Å². The van der Waals surface area contributed by atoms with E-state index in [1.807, 2.05) is 17.5 Å². The first-order chi connectivity index (χ1) is 13.8. The average molecular weight is 390 g/mol. The van der Waals surface area contributed by atoms with Crippen LogP contribution in [0.3, 0.4) is 0 Å². The topological polar surface area (TPSA) is 79.4 Å². The van der Waals surface area contributed by atoms with E-state index in [0.717, 1.165) is 39.3 Å². The fourth-order valence-corrected chi connectivity index (χ4v) is 3.97. The Morgan fingerprint density at radius 1 is 1.11 bits per heavy atom. The number of hydrogen-bond acceptors (Lipinski definition) is 6. The molecule has 0 spiro atoms. The van der Waals surface area contributed by atoms with Crippen molar-refractivity contribution in [3.05, 3.63) is 65.8 Å². The molecule has 138 valence electrons. The van der Waals surface area contributed by atoms with Gasteiger partial charge in [-0.25, -0.2) is 24.3 Å². The Bertz CT molecular complexity index is 1260. The third-order valence-corrected chi connectivity index (χ3v) is 5.40. The molecule has 6 nitrogen and oxygen atoms in total. The van der Waals surface area contributed by atoms with Crippen LogP contribution < -0.4 is 5.32 Å². The molecule has 0 aliphatic heterocycles. The Hall–Kier alpha value is -3.39. The monoisotopic (exact) mass is 390 g/mol. The number of thiophene rings is 1. The molecule has 4 aromatic heterocycles. The van der Waals surface area contributed by atoms with Crippen LogP contribution in [0.4, 0.5) is 10.2 Å². The average Bonchev–Trinajstić information content (AvgIpc) is 3.40. The van der Waals surface area contributed by atoms with Crippen LogP contribution in [0.5, 0.6) is 0 Å². The third-order valence-electron chi connectivity index (χ3n) is 4.52. The van der Waals surface area contributed by atoms with E-state index in [4.69, 9.17) is 4.98 Å². The Morgan fingerprint density at radius 3 is 2.96 bits per heavy atom. The molecular weight excluding hydrogens is 375 g/mol. The molecule has 0 saturated carbocycles. The zero-order valence-electron chi connectivity index (χ0n) is 14.7. The van der Waals surface area contributed by atoms with Gasteiger partial charge in [-0.05, 0) is 41.6 Å². The molecule has 5 aromatic rings. The Kier molecular flexibility index (Phi) is 4.17. The molecule has 4 heterocycles. The van der Waals surface area contributed by atoms with E-state index in [1.165, 1.54) is 18.5 Å². The van der Waals surface area contributed by atoms with Gasteiger partial charge in [0.15, 0.2) is 11.5 Å². The quantitative estimate of drug-likeness (QED) is 0.464. The van der Waals surface area contributed by atoms with Crippen LogP contribution >= 0.6 is 11.3 Å². The summed E-state index contributed by atoms with van der Waals surface area (Å²) >= 11 is 1.63. The van der Waals surface area contributed by atoms with E-state index in [9.17, 15) is 4.39 Å². The van der Waals surface area contributed by atoms with E-state index in [0.29, 0.717) is 17.7 Å². The Balaban J connectivity index is 1.46. The normalized spacial score (nSPS) is 11.3. The molecule has 0 aliphatic rings. The number of nitrogens with zero attached hydrogens (tertiary/aromatic N) is 4. The van der Waals surface area contributed by atoms with E-state index in [-0.39, 0.29) is 5.82 Å². The SMILES string of the molecule is Fc1ccc2cc(CCNc3ncnc4nc[nH]c34)c(-c3cccs3)nc2c1. The number of H-pyrrole nitrogens is 1. The van der Waals surface area contributed by atoms with E-state index in [1.54, 1.807) is 23.7 Å². The summed E-state index contributed by atoms with van der Waals surface area (Å²) in [6.07, 6.45) is 3.84. The summed E-state index contributed by atoms with van der Waals surface area (Å²) in [4.78, 5) is 21.4. The van der Waals surface area contributed by atoms with Crippen LogP contribution in [-0.4, -0.2) is 31.5 Å². The molecule has 0 aliphatic carbocycles. The van der Waals surface area contributed by atoms with Crippen molar-refractivity contribution in [2.75, 3.05) is 11.9 Å². The third kappa shape index (κ3) is 3.07. The highest BCUT2D eigenvalue weighted by atomic mass is 32.1. The molecule has 2 N–H and O–H groups in total. The van der Waals surface area contributed by atoms with Gasteiger partial charge in [-0.15, -0.1) is 11.3 Å². The molecule has 0 amide bonds. The lowest BCUT2D eigenvalue weighted by atomic mass is 10.0. The molecule has 1 aromatic carbocycles. The van der Waals surface area contributed by atoms with Crippen LogP contribution in [0.25, 0.3) is 32.6 Å². The van der Waals surface area contributed by atoms with E-state index in [2.05, 4.69) is 31.3 Å². The van der Waals surface area contributed by atoms with Gasteiger partial charge in [0.05, 0.1) is 22.4 Å². The van der Waals surface area contributed by atoms with Gasteiger partial charge in [-0.1, -0.05) is 6.07 Å². The maximum atomic E-state index is 13.6. The number of nitrogens with one attached hydrogen (secondary N) is 2. The number of rotatable bonds is 5. The smallest absolute Gasteiger partial charge is 0.182 e. The predicted molar refractivity (Wildman–Crippen MR) is 109 cm³/mol. The maximum Gasteiger partial charge on any atom is 0.182 e. The fourth-order valence-electron chi connectivity index (χ4n) is 3.22. The molecule has 0 bridgehead atoms. The van der Waals surface area contributed by atoms with Crippen molar-refractivity contribution >= 4 is 39.2 Å². The van der Waals surface area contributed by atoms with Crippen LogP contribution in [0.1, 0.15) is 5.56 Å². The summed E-state index contributed by atoms with van der Waals surface area (Å²) in [5.74, 6) is 0.440.